The molecule has 0 fully saturated rings. The fourth-order valence-electron chi connectivity index (χ4n) is 3.42. The molecule has 0 saturated heterocycles. The van der Waals surface area contributed by atoms with E-state index in [0.29, 0.717) is 16.3 Å². The minimum Gasteiger partial charge on any atom is -0.476 e. The molecule has 1 aliphatic rings. The molecular weight excluding hydrogens is 452 g/mol. The zero-order valence-corrected chi connectivity index (χ0v) is 18.6. The Hall–Kier alpha value is -3.36. The van der Waals surface area contributed by atoms with E-state index in [4.69, 9.17) is 16.3 Å². The molecule has 0 aromatic heterocycles. The van der Waals surface area contributed by atoms with E-state index in [-0.39, 0.29) is 29.3 Å². The number of sulfonamides is 1. The van der Waals surface area contributed by atoms with E-state index in [9.17, 15) is 18.0 Å². The second kappa shape index (κ2) is 8.64. The molecule has 1 atom stereocenters. The molecular formula is C23H19ClN2O5S. The molecule has 1 amide bonds. The number of amides is 1. The summed E-state index contributed by atoms with van der Waals surface area (Å²) in [5, 5.41) is 3.04. The van der Waals surface area contributed by atoms with E-state index < -0.39 is 22.0 Å². The maximum Gasteiger partial charge on any atom is 0.267 e. The molecule has 0 unspecified atom stereocenters. The summed E-state index contributed by atoms with van der Waals surface area (Å²) in [7, 11) is -3.64. The van der Waals surface area contributed by atoms with Crippen LogP contribution in [0.15, 0.2) is 72.8 Å². The van der Waals surface area contributed by atoms with Crippen molar-refractivity contribution in [3.63, 3.8) is 0 Å². The number of ether oxygens (including phenoxy) is 1. The Morgan fingerprint density at radius 1 is 1.03 bits per heavy atom. The Morgan fingerprint density at radius 2 is 1.72 bits per heavy atom. The highest BCUT2D eigenvalue weighted by molar-refractivity contribution is 7.92. The van der Waals surface area contributed by atoms with Gasteiger partial charge < -0.3 is 10.1 Å². The fraction of sp³-hybridized carbons (Fsp3) is 0.130. The Balaban J connectivity index is 1.63. The number of fused-ring (bicyclic) bond motifs is 1. The van der Waals surface area contributed by atoms with Crippen molar-refractivity contribution in [2.24, 2.45) is 0 Å². The molecule has 3 aromatic rings. The van der Waals surface area contributed by atoms with Gasteiger partial charge in [-0.3, -0.25) is 13.9 Å². The molecule has 0 saturated carbocycles. The van der Waals surface area contributed by atoms with Gasteiger partial charge in [-0.05, 0) is 30.3 Å². The number of hydrogen-bond donors (Lipinski definition) is 1. The van der Waals surface area contributed by atoms with Crippen molar-refractivity contribution in [2.75, 3.05) is 22.4 Å². The number of nitrogens with one attached hydrogen (secondary N) is 1. The second-order valence-corrected chi connectivity index (χ2v) is 9.59. The Bertz CT molecular complexity index is 1290. The summed E-state index contributed by atoms with van der Waals surface area (Å²) in [6.45, 7) is -0.197. The van der Waals surface area contributed by atoms with Gasteiger partial charge in [0, 0.05) is 16.1 Å². The van der Waals surface area contributed by atoms with E-state index in [0.717, 1.165) is 10.6 Å². The first kappa shape index (κ1) is 21.9. The monoisotopic (exact) mass is 470 g/mol. The van der Waals surface area contributed by atoms with Crippen LogP contribution in [-0.2, 0) is 14.8 Å². The molecule has 0 aliphatic carbocycles. The summed E-state index contributed by atoms with van der Waals surface area (Å²) in [6, 6.07) is 19.8. The van der Waals surface area contributed by atoms with Gasteiger partial charge in [-0.25, -0.2) is 8.42 Å². The summed E-state index contributed by atoms with van der Waals surface area (Å²) < 4.78 is 31.5. The molecule has 0 bridgehead atoms. The molecule has 7 nitrogen and oxygen atoms in total. The van der Waals surface area contributed by atoms with Gasteiger partial charge in [0.2, 0.25) is 10.0 Å². The number of para-hydroxylation sites is 2. The van der Waals surface area contributed by atoms with Crippen LogP contribution in [0.4, 0.5) is 11.4 Å². The van der Waals surface area contributed by atoms with E-state index in [2.05, 4.69) is 5.32 Å². The summed E-state index contributed by atoms with van der Waals surface area (Å²) in [6.07, 6.45) is -0.0464. The standard InChI is InChI=1S/C23H19ClN2O5S/c1-32(29,30)26-14-21(31-20-10-6-5-9-19(20)26)23(28)25-18-12-11-16(24)13-17(18)22(27)15-7-3-2-4-8-15/h2-13,21H,14H2,1H3,(H,25,28)/t21-/m1/s1. The van der Waals surface area contributed by atoms with E-state index >= 15 is 0 Å². The Labute approximate surface area is 190 Å². The van der Waals surface area contributed by atoms with Crippen LogP contribution in [0.2, 0.25) is 5.02 Å². The molecule has 3 aromatic carbocycles. The zero-order valence-electron chi connectivity index (χ0n) is 17.0. The largest absolute Gasteiger partial charge is 0.476 e. The number of halogens is 1. The topological polar surface area (TPSA) is 92.8 Å². The average molecular weight is 471 g/mol. The van der Waals surface area contributed by atoms with Crippen LogP contribution in [0.1, 0.15) is 15.9 Å². The van der Waals surface area contributed by atoms with Crippen molar-refractivity contribution in [3.8, 4) is 5.75 Å². The minimum atomic E-state index is -3.64. The number of hydrogen-bond acceptors (Lipinski definition) is 5. The van der Waals surface area contributed by atoms with Gasteiger partial charge in [0.15, 0.2) is 11.9 Å². The number of benzene rings is 3. The maximum atomic E-state index is 13.0. The van der Waals surface area contributed by atoms with Crippen molar-refractivity contribution < 1.29 is 22.7 Å². The molecule has 1 aliphatic heterocycles. The average Bonchev–Trinajstić information content (AvgIpc) is 2.79. The first-order valence-corrected chi connectivity index (χ1v) is 11.9. The van der Waals surface area contributed by atoms with Crippen LogP contribution in [0, 0.1) is 0 Å². The highest BCUT2D eigenvalue weighted by Crippen LogP contribution is 2.35. The van der Waals surface area contributed by atoms with Crippen molar-refractivity contribution in [2.45, 2.75) is 6.10 Å². The third kappa shape index (κ3) is 4.46. The predicted octanol–water partition coefficient (Wildman–Crippen LogP) is 3.74. The zero-order chi connectivity index (χ0) is 22.9. The molecule has 32 heavy (non-hydrogen) atoms. The van der Waals surface area contributed by atoms with Crippen LogP contribution < -0.4 is 14.4 Å². The molecule has 1 heterocycles. The summed E-state index contributed by atoms with van der Waals surface area (Å²) in [5.74, 6) is -0.616. The number of carbonyl (C=O) groups excluding carboxylic acids is 2. The molecule has 0 radical (unpaired) electrons. The Morgan fingerprint density at radius 3 is 2.44 bits per heavy atom. The van der Waals surface area contributed by atoms with E-state index in [1.165, 1.54) is 12.1 Å². The van der Waals surface area contributed by atoms with E-state index in [1.807, 2.05) is 0 Å². The van der Waals surface area contributed by atoms with Crippen molar-refractivity contribution >= 4 is 44.7 Å². The quantitative estimate of drug-likeness (QED) is 0.573. The van der Waals surface area contributed by atoms with Gasteiger partial charge in [0.1, 0.15) is 5.75 Å². The normalized spacial score (nSPS) is 15.4. The Kier molecular flexibility index (Phi) is 5.90. The number of anilines is 2. The van der Waals surface area contributed by atoms with Gasteiger partial charge in [0.25, 0.3) is 5.91 Å². The molecule has 4 rings (SSSR count). The smallest absolute Gasteiger partial charge is 0.267 e. The molecule has 164 valence electrons. The van der Waals surface area contributed by atoms with Crippen molar-refractivity contribution in [1.82, 2.24) is 0 Å². The van der Waals surface area contributed by atoms with Crippen molar-refractivity contribution in [3.05, 3.63) is 88.9 Å². The van der Waals surface area contributed by atoms with E-state index in [1.54, 1.807) is 60.7 Å². The van der Waals surface area contributed by atoms with Crippen LogP contribution in [-0.4, -0.2) is 39.0 Å². The first-order valence-electron chi connectivity index (χ1n) is 9.67. The van der Waals surface area contributed by atoms with Gasteiger partial charge >= 0.3 is 0 Å². The third-order valence-electron chi connectivity index (χ3n) is 4.95. The number of nitrogens with zero attached hydrogens (tertiary/aromatic N) is 1. The predicted molar refractivity (Wildman–Crippen MR) is 123 cm³/mol. The molecule has 0 spiro atoms. The maximum absolute atomic E-state index is 13.0. The number of ketones is 1. The van der Waals surface area contributed by atoms with Crippen LogP contribution in [0.25, 0.3) is 0 Å². The second-order valence-electron chi connectivity index (χ2n) is 7.24. The summed E-state index contributed by atoms with van der Waals surface area (Å²) in [4.78, 5) is 26.0. The SMILES string of the molecule is CS(=O)(=O)N1C[C@H](C(=O)Nc2ccc(Cl)cc2C(=O)c2ccccc2)Oc2ccccc21. The highest BCUT2D eigenvalue weighted by atomic mass is 35.5. The highest BCUT2D eigenvalue weighted by Gasteiger charge is 2.35. The lowest BCUT2D eigenvalue weighted by Gasteiger charge is -2.33. The lowest BCUT2D eigenvalue weighted by Crippen LogP contribution is -2.48. The molecule has 9 heteroatoms. The van der Waals surface area contributed by atoms with Crippen LogP contribution >= 0.6 is 11.6 Å². The number of rotatable bonds is 5. The fourth-order valence-corrected chi connectivity index (χ4v) is 4.51. The molecule has 1 N–H and O–H groups in total. The summed E-state index contributed by atoms with van der Waals surface area (Å²) >= 11 is 6.10. The van der Waals surface area contributed by atoms with Gasteiger partial charge in [-0.1, -0.05) is 54.1 Å². The minimum absolute atomic E-state index is 0.197. The lowest BCUT2D eigenvalue weighted by atomic mass is 10.0. The van der Waals surface area contributed by atoms with Gasteiger partial charge in [-0.15, -0.1) is 0 Å². The first-order chi connectivity index (χ1) is 15.2. The third-order valence-corrected chi connectivity index (χ3v) is 6.33. The van der Waals surface area contributed by atoms with Crippen LogP contribution in [0.3, 0.4) is 0 Å². The van der Waals surface area contributed by atoms with Crippen LogP contribution in [0.5, 0.6) is 5.75 Å². The summed E-state index contributed by atoms with van der Waals surface area (Å²) in [5.41, 5.74) is 1.27. The number of carbonyl (C=O) groups is 2. The van der Waals surface area contributed by atoms with Crippen molar-refractivity contribution in [1.29, 1.82) is 0 Å². The van der Waals surface area contributed by atoms with Gasteiger partial charge in [-0.2, -0.15) is 0 Å². The van der Waals surface area contributed by atoms with Gasteiger partial charge in [0.05, 0.1) is 24.2 Å². The lowest BCUT2D eigenvalue weighted by molar-refractivity contribution is -0.122.